The molecule has 0 aromatic carbocycles. The number of hydrogen-bond acceptors (Lipinski definition) is 4. The third kappa shape index (κ3) is 3.82. The van der Waals surface area contributed by atoms with Gasteiger partial charge in [0, 0.05) is 19.3 Å². The molecule has 1 aromatic rings. The Morgan fingerprint density at radius 2 is 2.11 bits per heavy atom. The van der Waals surface area contributed by atoms with Gasteiger partial charge >= 0.3 is 0 Å². The average Bonchev–Trinajstić information content (AvgIpc) is 2.37. The van der Waals surface area contributed by atoms with Crippen molar-refractivity contribution in [2.24, 2.45) is 5.92 Å². The van der Waals surface area contributed by atoms with Crippen LogP contribution in [0.5, 0.6) is 0 Å². The van der Waals surface area contributed by atoms with E-state index in [1.165, 1.54) is 25.8 Å². The van der Waals surface area contributed by atoms with Gasteiger partial charge in [-0.15, -0.1) is 0 Å². The van der Waals surface area contributed by atoms with E-state index in [2.05, 4.69) is 33.9 Å². The molecule has 1 aliphatic heterocycles. The quantitative estimate of drug-likeness (QED) is 0.785. The van der Waals surface area contributed by atoms with Crippen molar-refractivity contribution in [2.75, 3.05) is 38.6 Å². The summed E-state index contributed by atoms with van der Waals surface area (Å²) in [6.07, 6.45) is 5.51. The van der Waals surface area contributed by atoms with Crippen LogP contribution >= 0.6 is 11.6 Å². The molecule has 2 rings (SSSR count). The van der Waals surface area contributed by atoms with Crippen molar-refractivity contribution in [3.05, 3.63) is 17.5 Å². The Morgan fingerprint density at radius 3 is 2.72 bits per heavy atom. The van der Waals surface area contributed by atoms with E-state index in [9.17, 15) is 0 Å². The van der Waals surface area contributed by atoms with Gasteiger partial charge in [0.05, 0.1) is 0 Å². The van der Waals surface area contributed by atoms with Crippen molar-refractivity contribution in [2.45, 2.75) is 19.3 Å². The summed E-state index contributed by atoms with van der Waals surface area (Å²) >= 11 is 5.82. The van der Waals surface area contributed by atoms with Crippen molar-refractivity contribution >= 4 is 17.4 Å². The van der Waals surface area contributed by atoms with Crippen molar-refractivity contribution < 1.29 is 0 Å². The number of halogens is 1. The number of hydrogen-bond donors (Lipinski definition) is 0. The van der Waals surface area contributed by atoms with Crippen LogP contribution in [0.2, 0.25) is 5.28 Å². The molecular weight excluding hydrogens is 248 g/mol. The molecule has 2 heterocycles. The normalized spacial score (nSPS) is 17.4. The maximum absolute atomic E-state index is 5.82. The molecule has 0 atom stereocenters. The van der Waals surface area contributed by atoms with E-state index in [4.69, 9.17) is 11.6 Å². The van der Waals surface area contributed by atoms with Crippen LogP contribution in [-0.4, -0.2) is 48.6 Å². The molecule has 0 spiro atoms. The molecule has 0 unspecified atom stereocenters. The van der Waals surface area contributed by atoms with Crippen LogP contribution in [0.4, 0.5) is 5.82 Å². The fraction of sp³-hybridized carbons (Fsp3) is 0.692. The molecule has 5 heteroatoms. The summed E-state index contributed by atoms with van der Waals surface area (Å²) in [5.41, 5.74) is 0. The van der Waals surface area contributed by atoms with Gasteiger partial charge < -0.3 is 9.80 Å². The minimum Gasteiger partial charge on any atom is -0.356 e. The number of nitrogens with zero attached hydrogens (tertiary/aromatic N) is 4. The van der Waals surface area contributed by atoms with Gasteiger partial charge in [-0.1, -0.05) is 0 Å². The second-order valence-corrected chi connectivity index (χ2v) is 5.54. The monoisotopic (exact) mass is 268 g/mol. The maximum Gasteiger partial charge on any atom is 0.224 e. The molecule has 1 saturated heterocycles. The zero-order valence-corrected chi connectivity index (χ0v) is 11.9. The summed E-state index contributed by atoms with van der Waals surface area (Å²) in [5, 5.41) is 0.335. The fourth-order valence-corrected chi connectivity index (χ4v) is 2.54. The lowest BCUT2D eigenvalue weighted by molar-refractivity contribution is 0.313. The summed E-state index contributed by atoms with van der Waals surface area (Å²) in [6, 6.07) is 1.94. The molecule has 0 amide bonds. The third-order valence-electron chi connectivity index (χ3n) is 3.53. The molecule has 0 aliphatic carbocycles. The van der Waals surface area contributed by atoms with Crippen LogP contribution in [0.1, 0.15) is 19.3 Å². The van der Waals surface area contributed by atoms with Crippen LogP contribution in [0.15, 0.2) is 12.3 Å². The van der Waals surface area contributed by atoms with Crippen LogP contribution in [-0.2, 0) is 0 Å². The predicted octanol–water partition coefficient (Wildman–Crippen LogP) is 2.30. The molecular formula is C13H21ClN4. The lowest BCUT2D eigenvalue weighted by atomic mass is 9.93. The van der Waals surface area contributed by atoms with Crippen LogP contribution < -0.4 is 4.90 Å². The summed E-state index contributed by atoms with van der Waals surface area (Å²) in [6.45, 7) is 3.33. The van der Waals surface area contributed by atoms with E-state index in [1.807, 2.05) is 6.07 Å². The lowest BCUT2D eigenvalue weighted by Crippen LogP contribution is -2.35. The Bertz CT molecular complexity index is 375. The van der Waals surface area contributed by atoms with Gasteiger partial charge in [-0.2, -0.15) is 0 Å². The average molecular weight is 269 g/mol. The molecule has 1 aliphatic rings. The molecule has 100 valence electrons. The van der Waals surface area contributed by atoms with Crippen molar-refractivity contribution in [3.8, 4) is 0 Å². The SMILES string of the molecule is CN(C)CCC1CCN(c2ccnc(Cl)n2)CC1. The van der Waals surface area contributed by atoms with E-state index < -0.39 is 0 Å². The van der Waals surface area contributed by atoms with Crippen LogP contribution in [0, 0.1) is 5.92 Å². The van der Waals surface area contributed by atoms with Gasteiger partial charge in [0.2, 0.25) is 5.28 Å². The Balaban J connectivity index is 1.83. The predicted molar refractivity (Wildman–Crippen MR) is 75.2 cm³/mol. The van der Waals surface area contributed by atoms with Gasteiger partial charge in [-0.3, -0.25) is 0 Å². The first-order chi connectivity index (χ1) is 8.65. The highest BCUT2D eigenvalue weighted by atomic mass is 35.5. The minimum atomic E-state index is 0.335. The molecule has 0 bridgehead atoms. The second-order valence-electron chi connectivity index (χ2n) is 5.21. The van der Waals surface area contributed by atoms with Crippen LogP contribution in [0.25, 0.3) is 0 Å². The van der Waals surface area contributed by atoms with E-state index in [0.717, 1.165) is 24.8 Å². The van der Waals surface area contributed by atoms with E-state index in [0.29, 0.717) is 5.28 Å². The first kappa shape index (κ1) is 13.6. The van der Waals surface area contributed by atoms with Crippen molar-refractivity contribution in [1.29, 1.82) is 0 Å². The van der Waals surface area contributed by atoms with Crippen molar-refractivity contribution in [3.63, 3.8) is 0 Å². The largest absolute Gasteiger partial charge is 0.356 e. The van der Waals surface area contributed by atoms with Gasteiger partial charge in [-0.25, -0.2) is 9.97 Å². The van der Waals surface area contributed by atoms with Gasteiger partial charge in [0.25, 0.3) is 0 Å². The Hall–Kier alpha value is -0.870. The first-order valence-electron chi connectivity index (χ1n) is 6.53. The fourth-order valence-electron chi connectivity index (χ4n) is 2.39. The Labute approximate surface area is 114 Å². The number of aromatic nitrogens is 2. The molecule has 1 aromatic heterocycles. The third-order valence-corrected chi connectivity index (χ3v) is 3.72. The number of piperidine rings is 1. The maximum atomic E-state index is 5.82. The molecule has 0 N–H and O–H groups in total. The number of rotatable bonds is 4. The zero-order valence-electron chi connectivity index (χ0n) is 11.1. The van der Waals surface area contributed by atoms with Gasteiger partial charge in [-0.05, 0) is 63.5 Å². The molecule has 0 radical (unpaired) electrons. The minimum absolute atomic E-state index is 0.335. The zero-order chi connectivity index (χ0) is 13.0. The topological polar surface area (TPSA) is 32.3 Å². The second kappa shape index (κ2) is 6.34. The standard InChI is InChI=1S/C13H21ClN4/c1-17(2)8-4-11-5-9-18(10-6-11)12-3-7-15-13(14)16-12/h3,7,11H,4-6,8-10H2,1-2H3. The molecule has 18 heavy (non-hydrogen) atoms. The highest BCUT2D eigenvalue weighted by Crippen LogP contribution is 2.24. The van der Waals surface area contributed by atoms with Crippen molar-refractivity contribution in [1.82, 2.24) is 14.9 Å². The van der Waals surface area contributed by atoms with Crippen LogP contribution in [0.3, 0.4) is 0 Å². The first-order valence-corrected chi connectivity index (χ1v) is 6.91. The summed E-state index contributed by atoms with van der Waals surface area (Å²) < 4.78 is 0. The highest BCUT2D eigenvalue weighted by Gasteiger charge is 2.20. The summed E-state index contributed by atoms with van der Waals surface area (Å²) in [4.78, 5) is 12.8. The van der Waals surface area contributed by atoms with Gasteiger partial charge in [0.1, 0.15) is 5.82 Å². The molecule has 0 saturated carbocycles. The summed E-state index contributed by atoms with van der Waals surface area (Å²) in [5.74, 6) is 1.81. The smallest absolute Gasteiger partial charge is 0.224 e. The number of anilines is 1. The Kier molecular flexibility index (Phi) is 4.78. The lowest BCUT2D eigenvalue weighted by Gasteiger charge is -2.33. The Morgan fingerprint density at radius 1 is 1.39 bits per heavy atom. The van der Waals surface area contributed by atoms with Gasteiger partial charge in [0.15, 0.2) is 0 Å². The van der Waals surface area contributed by atoms with E-state index in [1.54, 1.807) is 6.20 Å². The summed E-state index contributed by atoms with van der Waals surface area (Å²) in [7, 11) is 4.27. The molecule has 1 fully saturated rings. The van der Waals surface area contributed by atoms with E-state index in [-0.39, 0.29) is 0 Å². The highest BCUT2D eigenvalue weighted by molar-refractivity contribution is 6.28. The van der Waals surface area contributed by atoms with E-state index >= 15 is 0 Å². The molecule has 4 nitrogen and oxygen atoms in total.